The van der Waals surface area contributed by atoms with Crippen LogP contribution in [0.5, 0.6) is 0 Å². The van der Waals surface area contributed by atoms with E-state index in [1.165, 1.54) is 55.2 Å². The molecule has 9 heteroatoms. The standard InChI is InChI=1S/C18H21Cl2N3OS3/c19-14-9-8-13(10-15(14)20)23-18(25)27-17(22-23)26-11-16(24)21-12-6-4-2-1-3-5-7-12/h8-10,12H,1-7,11H2,(H,21,24). The third-order valence-electron chi connectivity index (χ3n) is 4.47. The van der Waals surface area contributed by atoms with Crippen LogP contribution in [0.15, 0.2) is 22.5 Å². The number of rotatable bonds is 5. The summed E-state index contributed by atoms with van der Waals surface area (Å²) in [6.07, 6.45) is 8.44. The van der Waals surface area contributed by atoms with Crippen LogP contribution < -0.4 is 5.32 Å². The van der Waals surface area contributed by atoms with Gasteiger partial charge in [-0.3, -0.25) is 4.79 Å². The van der Waals surface area contributed by atoms with Gasteiger partial charge in [0.1, 0.15) is 0 Å². The summed E-state index contributed by atoms with van der Waals surface area (Å²) in [6.45, 7) is 0. The van der Waals surface area contributed by atoms with Gasteiger partial charge in [0.15, 0.2) is 8.29 Å². The second-order valence-corrected chi connectivity index (χ2v) is 10.2. The summed E-state index contributed by atoms with van der Waals surface area (Å²) < 4.78 is 3.02. The Balaban J connectivity index is 1.57. The number of hydrogen-bond donors (Lipinski definition) is 1. The van der Waals surface area contributed by atoms with E-state index < -0.39 is 0 Å². The van der Waals surface area contributed by atoms with Gasteiger partial charge in [0, 0.05) is 6.04 Å². The zero-order chi connectivity index (χ0) is 19.2. The van der Waals surface area contributed by atoms with Crippen molar-refractivity contribution in [1.29, 1.82) is 0 Å². The smallest absolute Gasteiger partial charge is 0.230 e. The minimum absolute atomic E-state index is 0.0628. The number of amides is 1. The van der Waals surface area contributed by atoms with Crippen molar-refractivity contribution >= 4 is 64.4 Å². The highest BCUT2D eigenvalue weighted by molar-refractivity contribution is 8.01. The number of hydrogen-bond acceptors (Lipinski definition) is 5. The van der Waals surface area contributed by atoms with Crippen molar-refractivity contribution in [2.75, 3.05) is 5.75 Å². The van der Waals surface area contributed by atoms with E-state index in [9.17, 15) is 4.79 Å². The van der Waals surface area contributed by atoms with Crippen LogP contribution in [0.3, 0.4) is 0 Å². The highest BCUT2D eigenvalue weighted by Gasteiger charge is 2.15. The molecule has 1 fully saturated rings. The highest BCUT2D eigenvalue weighted by atomic mass is 35.5. The number of carbonyl (C=O) groups excluding carboxylic acids is 1. The molecule has 1 aliphatic carbocycles. The normalized spacial score (nSPS) is 15.9. The second kappa shape index (κ2) is 10.3. The van der Waals surface area contributed by atoms with Gasteiger partial charge < -0.3 is 5.32 Å². The van der Waals surface area contributed by atoms with Gasteiger partial charge in [0.25, 0.3) is 0 Å². The van der Waals surface area contributed by atoms with Crippen LogP contribution in [-0.4, -0.2) is 27.5 Å². The molecule has 1 aliphatic rings. The Hall–Kier alpha value is -0.600. The molecular formula is C18H21Cl2N3OS3. The number of thioether (sulfide) groups is 1. The third kappa shape index (κ3) is 6.19. The Kier molecular flexibility index (Phi) is 8.02. The van der Waals surface area contributed by atoms with E-state index in [4.69, 9.17) is 35.4 Å². The number of aromatic nitrogens is 2. The topological polar surface area (TPSA) is 46.9 Å². The van der Waals surface area contributed by atoms with Gasteiger partial charge in [-0.25, -0.2) is 4.68 Å². The van der Waals surface area contributed by atoms with Gasteiger partial charge in [0.05, 0.1) is 21.5 Å². The fraction of sp³-hybridized carbons (Fsp3) is 0.500. The van der Waals surface area contributed by atoms with E-state index in [1.807, 2.05) is 6.07 Å². The van der Waals surface area contributed by atoms with E-state index in [1.54, 1.807) is 16.8 Å². The lowest BCUT2D eigenvalue weighted by molar-refractivity contribution is -0.119. The molecule has 0 bridgehead atoms. The van der Waals surface area contributed by atoms with Crippen LogP contribution in [0.4, 0.5) is 0 Å². The monoisotopic (exact) mass is 461 g/mol. The minimum atomic E-state index is 0.0628. The lowest BCUT2D eigenvalue weighted by Gasteiger charge is -2.20. The molecule has 1 aromatic heterocycles. The first kappa shape index (κ1) is 21.1. The number of benzene rings is 1. The van der Waals surface area contributed by atoms with Crippen LogP contribution >= 0.6 is 58.5 Å². The maximum Gasteiger partial charge on any atom is 0.230 e. The average molecular weight is 462 g/mol. The molecule has 0 spiro atoms. The quantitative estimate of drug-likeness (QED) is 0.419. The molecule has 0 aliphatic heterocycles. The molecule has 0 radical (unpaired) electrons. The molecule has 0 atom stereocenters. The molecule has 1 saturated carbocycles. The number of nitrogens with one attached hydrogen (secondary N) is 1. The van der Waals surface area contributed by atoms with Crippen molar-refractivity contribution in [3.8, 4) is 5.69 Å². The summed E-state index contributed by atoms with van der Waals surface area (Å²) in [5, 5.41) is 8.63. The second-order valence-electron chi connectivity index (χ2n) is 6.54. The van der Waals surface area contributed by atoms with E-state index in [-0.39, 0.29) is 5.91 Å². The molecular weight excluding hydrogens is 441 g/mol. The van der Waals surface area contributed by atoms with Crippen LogP contribution in [0.2, 0.25) is 10.0 Å². The van der Waals surface area contributed by atoms with Crippen LogP contribution in [0.25, 0.3) is 5.69 Å². The summed E-state index contributed by atoms with van der Waals surface area (Å²) in [5.74, 6) is 0.410. The van der Waals surface area contributed by atoms with Gasteiger partial charge in [-0.1, -0.05) is 78.4 Å². The molecule has 1 heterocycles. The molecule has 146 valence electrons. The molecule has 1 amide bonds. The SMILES string of the molecule is O=C(CSc1nn(-c2ccc(Cl)c(Cl)c2)c(=S)s1)NC1CCCCCCC1. The van der Waals surface area contributed by atoms with Crippen LogP contribution in [0, 0.1) is 3.95 Å². The molecule has 1 aromatic carbocycles. The largest absolute Gasteiger partial charge is 0.353 e. The first-order valence-electron chi connectivity index (χ1n) is 9.00. The first-order valence-corrected chi connectivity index (χ1v) is 12.0. The van der Waals surface area contributed by atoms with Gasteiger partial charge in [0.2, 0.25) is 5.91 Å². The summed E-state index contributed by atoms with van der Waals surface area (Å²) in [4.78, 5) is 12.3. The molecule has 0 saturated heterocycles. The fourth-order valence-electron chi connectivity index (χ4n) is 3.10. The zero-order valence-corrected chi connectivity index (χ0v) is 18.7. The van der Waals surface area contributed by atoms with Crippen LogP contribution in [-0.2, 0) is 4.79 Å². The predicted octanol–water partition coefficient (Wildman–Crippen LogP) is 6.29. The lowest BCUT2D eigenvalue weighted by atomic mass is 9.97. The summed E-state index contributed by atoms with van der Waals surface area (Å²) in [5.41, 5.74) is 0.761. The summed E-state index contributed by atoms with van der Waals surface area (Å²) >= 11 is 20.2. The Morgan fingerprint density at radius 1 is 1.22 bits per heavy atom. The molecule has 0 unspecified atom stereocenters. The molecule has 3 rings (SSSR count). The van der Waals surface area contributed by atoms with Gasteiger partial charge >= 0.3 is 0 Å². The Bertz CT molecular complexity index is 845. The van der Waals surface area contributed by atoms with Crippen molar-refractivity contribution in [3.63, 3.8) is 0 Å². The van der Waals surface area contributed by atoms with Crippen molar-refractivity contribution in [1.82, 2.24) is 15.1 Å². The van der Waals surface area contributed by atoms with Crippen molar-refractivity contribution in [3.05, 3.63) is 32.2 Å². The lowest BCUT2D eigenvalue weighted by Crippen LogP contribution is -2.36. The van der Waals surface area contributed by atoms with Gasteiger partial charge in [-0.15, -0.1) is 5.10 Å². The predicted molar refractivity (Wildman–Crippen MR) is 117 cm³/mol. The number of halogens is 2. The molecule has 27 heavy (non-hydrogen) atoms. The molecule has 1 N–H and O–H groups in total. The number of carbonyl (C=O) groups is 1. The molecule has 2 aromatic rings. The van der Waals surface area contributed by atoms with E-state index in [2.05, 4.69) is 10.4 Å². The van der Waals surface area contributed by atoms with Crippen molar-refractivity contribution < 1.29 is 4.79 Å². The van der Waals surface area contributed by atoms with Crippen LogP contribution in [0.1, 0.15) is 44.9 Å². The summed E-state index contributed by atoms with van der Waals surface area (Å²) in [7, 11) is 0. The highest BCUT2D eigenvalue weighted by Crippen LogP contribution is 2.28. The Morgan fingerprint density at radius 3 is 2.63 bits per heavy atom. The fourth-order valence-corrected chi connectivity index (χ4v) is 5.56. The van der Waals surface area contributed by atoms with E-state index >= 15 is 0 Å². The third-order valence-corrected chi connectivity index (χ3v) is 7.58. The number of nitrogens with zero attached hydrogens (tertiary/aromatic N) is 2. The average Bonchev–Trinajstić information content (AvgIpc) is 2.99. The maximum atomic E-state index is 12.3. The van der Waals surface area contributed by atoms with Crippen molar-refractivity contribution in [2.45, 2.75) is 55.3 Å². The molecule has 4 nitrogen and oxygen atoms in total. The maximum absolute atomic E-state index is 12.3. The van der Waals surface area contributed by atoms with E-state index in [0.717, 1.165) is 22.9 Å². The Morgan fingerprint density at radius 2 is 1.93 bits per heavy atom. The zero-order valence-electron chi connectivity index (χ0n) is 14.7. The first-order chi connectivity index (χ1) is 13.0. The minimum Gasteiger partial charge on any atom is -0.353 e. The van der Waals surface area contributed by atoms with Gasteiger partial charge in [-0.05, 0) is 43.3 Å². The van der Waals surface area contributed by atoms with Crippen molar-refractivity contribution in [2.24, 2.45) is 0 Å². The van der Waals surface area contributed by atoms with E-state index in [0.29, 0.717) is 25.8 Å². The Labute approximate surface area is 182 Å². The summed E-state index contributed by atoms with van der Waals surface area (Å²) in [6, 6.07) is 5.58. The van der Waals surface area contributed by atoms with Gasteiger partial charge in [-0.2, -0.15) is 0 Å².